The third-order valence-electron chi connectivity index (χ3n) is 3.09. The molecule has 1 N–H and O–H groups in total. The van der Waals surface area contributed by atoms with E-state index < -0.39 is 0 Å². The minimum atomic E-state index is 0.432. The third-order valence-corrected chi connectivity index (χ3v) is 4.00. The second-order valence-corrected chi connectivity index (χ2v) is 5.10. The van der Waals surface area contributed by atoms with Crippen LogP contribution in [0.3, 0.4) is 0 Å². The lowest BCUT2D eigenvalue weighted by Gasteiger charge is -2.18. The molecule has 0 amide bonds. The topological polar surface area (TPSA) is 63.8 Å². The van der Waals surface area contributed by atoms with Gasteiger partial charge in [0.2, 0.25) is 0 Å². The Morgan fingerprint density at radius 1 is 1.41 bits per heavy atom. The molecule has 0 aromatic carbocycles. The molecule has 1 aliphatic rings. The second kappa shape index (κ2) is 4.54. The first kappa shape index (κ1) is 10.9. The number of piperidine rings is 1. The van der Waals surface area contributed by atoms with Crippen LogP contribution in [-0.4, -0.2) is 28.2 Å². The van der Waals surface area contributed by atoms with Gasteiger partial charge in [-0.25, -0.2) is 4.98 Å². The minimum absolute atomic E-state index is 0.432. The Hall–Kier alpha value is -1.27. The van der Waals surface area contributed by atoms with Gasteiger partial charge in [0, 0.05) is 5.92 Å². The SMILES string of the molecule is Cc1ncsc1-c1nc(C2CCNCC2)no1. The van der Waals surface area contributed by atoms with Crippen molar-refractivity contribution < 1.29 is 4.52 Å². The molecule has 0 radical (unpaired) electrons. The molecule has 2 aromatic rings. The number of nitrogens with one attached hydrogen (secondary N) is 1. The van der Waals surface area contributed by atoms with E-state index in [0.29, 0.717) is 11.8 Å². The van der Waals surface area contributed by atoms with Crippen molar-refractivity contribution in [3.05, 3.63) is 17.0 Å². The molecule has 0 bridgehead atoms. The monoisotopic (exact) mass is 250 g/mol. The van der Waals surface area contributed by atoms with Gasteiger partial charge in [-0.3, -0.25) is 0 Å². The smallest absolute Gasteiger partial charge is 0.269 e. The first-order valence-corrected chi connectivity index (χ1v) is 6.67. The van der Waals surface area contributed by atoms with Crippen molar-refractivity contribution in [2.45, 2.75) is 25.7 Å². The van der Waals surface area contributed by atoms with Gasteiger partial charge in [0.05, 0.1) is 11.2 Å². The molecule has 0 spiro atoms. The summed E-state index contributed by atoms with van der Waals surface area (Å²) in [5.74, 6) is 1.88. The molecular weight excluding hydrogens is 236 g/mol. The number of rotatable bonds is 2. The summed E-state index contributed by atoms with van der Waals surface area (Å²) in [6.07, 6.45) is 2.17. The highest BCUT2D eigenvalue weighted by molar-refractivity contribution is 7.13. The zero-order valence-corrected chi connectivity index (χ0v) is 10.5. The predicted molar refractivity (Wildman–Crippen MR) is 65.0 cm³/mol. The normalized spacial score (nSPS) is 17.5. The van der Waals surface area contributed by atoms with E-state index >= 15 is 0 Å². The fourth-order valence-corrected chi connectivity index (χ4v) is 2.80. The summed E-state index contributed by atoms with van der Waals surface area (Å²) in [4.78, 5) is 9.68. The molecule has 17 heavy (non-hydrogen) atoms. The summed E-state index contributed by atoms with van der Waals surface area (Å²) in [6, 6.07) is 0. The number of aryl methyl sites for hydroxylation is 1. The van der Waals surface area contributed by atoms with Gasteiger partial charge in [0.15, 0.2) is 5.82 Å². The number of hydrogen-bond acceptors (Lipinski definition) is 6. The van der Waals surface area contributed by atoms with Gasteiger partial charge in [-0.1, -0.05) is 5.16 Å². The van der Waals surface area contributed by atoms with Crippen LogP contribution in [0.2, 0.25) is 0 Å². The van der Waals surface area contributed by atoms with Crippen molar-refractivity contribution in [2.24, 2.45) is 0 Å². The minimum Gasteiger partial charge on any atom is -0.333 e. The Morgan fingerprint density at radius 3 is 2.94 bits per heavy atom. The first-order valence-electron chi connectivity index (χ1n) is 5.79. The largest absolute Gasteiger partial charge is 0.333 e. The Kier molecular flexibility index (Phi) is 2.90. The number of thiazole rings is 1. The van der Waals surface area contributed by atoms with E-state index in [9.17, 15) is 0 Å². The van der Waals surface area contributed by atoms with Gasteiger partial charge >= 0.3 is 0 Å². The highest BCUT2D eigenvalue weighted by atomic mass is 32.1. The average molecular weight is 250 g/mol. The van der Waals surface area contributed by atoms with Crippen LogP contribution in [-0.2, 0) is 0 Å². The lowest BCUT2D eigenvalue weighted by molar-refractivity contribution is 0.392. The quantitative estimate of drug-likeness (QED) is 0.882. The van der Waals surface area contributed by atoms with Crippen molar-refractivity contribution >= 4 is 11.3 Å². The van der Waals surface area contributed by atoms with Gasteiger partial charge in [0.25, 0.3) is 5.89 Å². The lowest BCUT2D eigenvalue weighted by Crippen LogP contribution is -2.27. The van der Waals surface area contributed by atoms with E-state index in [1.807, 2.05) is 6.92 Å². The van der Waals surface area contributed by atoms with Crippen LogP contribution in [0.25, 0.3) is 10.8 Å². The van der Waals surface area contributed by atoms with Crippen LogP contribution in [0.4, 0.5) is 0 Å². The van der Waals surface area contributed by atoms with Crippen LogP contribution in [0.15, 0.2) is 10.0 Å². The zero-order chi connectivity index (χ0) is 11.7. The predicted octanol–water partition coefficient (Wildman–Crippen LogP) is 1.97. The molecule has 3 heterocycles. The number of nitrogens with zero attached hydrogens (tertiary/aromatic N) is 3. The van der Waals surface area contributed by atoms with Crippen molar-refractivity contribution in [3.8, 4) is 10.8 Å². The van der Waals surface area contributed by atoms with Gasteiger partial charge in [-0.15, -0.1) is 11.3 Å². The molecule has 5 nitrogen and oxygen atoms in total. The van der Waals surface area contributed by atoms with E-state index in [4.69, 9.17) is 4.52 Å². The van der Waals surface area contributed by atoms with Gasteiger partial charge in [-0.05, 0) is 32.9 Å². The van der Waals surface area contributed by atoms with Crippen LogP contribution in [0.1, 0.15) is 30.3 Å². The van der Waals surface area contributed by atoms with E-state index in [-0.39, 0.29) is 0 Å². The molecule has 1 saturated heterocycles. The van der Waals surface area contributed by atoms with Crippen LogP contribution < -0.4 is 5.32 Å². The molecule has 0 unspecified atom stereocenters. The number of hydrogen-bond donors (Lipinski definition) is 1. The molecule has 3 rings (SSSR count). The van der Waals surface area contributed by atoms with Gasteiger partial charge in [-0.2, -0.15) is 4.98 Å². The van der Waals surface area contributed by atoms with Gasteiger partial charge in [0.1, 0.15) is 4.88 Å². The molecule has 1 aliphatic heterocycles. The molecule has 6 heteroatoms. The maximum atomic E-state index is 5.33. The fourth-order valence-electron chi connectivity index (χ4n) is 2.08. The van der Waals surface area contributed by atoms with Crippen LogP contribution in [0.5, 0.6) is 0 Å². The van der Waals surface area contributed by atoms with E-state index in [0.717, 1.165) is 42.3 Å². The van der Waals surface area contributed by atoms with Crippen molar-refractivity contribution in [3.63, 3.8) is 0 Å². The molecule has 0 aliphatic carbocycles. The van der Waals surface area contributed by atoms with Crippen LogP contribution >= 0.6 is 11.3 Å². The maximum absolute atomic E-state index is 5.33. The molecule has 0 atom stereocenters. The fraction of sp³-hybridized carbons (Fsp3) is 0.545. The standard InChI is InChI=1S/C11H14N4OS/c1-7-9(17-6-13-7)11-14-10(15-16-11)8-2-4-12-5-3-8/h6,8,12H,2-5H2,1H3. The van der Waals surface area contributed by atoms with E-state index in [1.54, 1.807) is 16.8 Å². The van der Waals surface area contributed by atoms with E-state index in [2.05, 4.69) is 20.4 Å². The zero-order valence-electron chi connectivity index (χ0n) is 9.64. The maximum Gasteiger partial charge on any atom is 0.269 e. The highest BCUT2D eigenvalue weighted by Gasteiger charge is 2.22. The highest BCUT2D eigenvalue weighted by Crippen LogP contribution is 2.29. The average Bonchev–Trinajstić information content (AvgIpc) is 2.98. The Labute approximate surface area is 103 Å². The summed E-state index contributed by atoms with van der Waals surface area (Å²) >= 11 is 1.54. The van der Waals surface area contributed by atoms with Crippen molar-refractivity contribution in [1.29, 1.82) is 0 Å². The molecule has 90 valence electrons. The summed E-state index contributed by atoms with van der Waals surface area (Å²) < 4.78 is 5.33. The molecule has 2 aromatic heterocycles. The van der Waals surface area contributed by atoms with Crippen molar-refractivity contribution in [2.75, 3.05) is 13.1 Å². The molecule has 1 fully saturated rings. The molecule has 0 saturated carbocycles. The summed E-state index contributed by atoms with van der Waals surface area (Å²) in [6.45, 7) is 4.03. The Bertz CT molecular complexity index is 501. The van der Waals surface area contributed by atoms with Crippen LogP contribution in [0, 0.1) is 6.92 Å². The Balaban J connectivity index is 1.85. The number of aromatic nitrogens is 3. The first-order chi connectivity index (χ1) is 8.34. The summed E-state index contributed by atoms with van der Waals surface area (Å²) in [5.41, 5.74) is 2.76. The summed E-state index contributed by atoms with van der Waals surface area (Å²) in [7, 11) is 0. The molecular formula is C11H14N4OS. The lowest BCUT2D eigenvalue weighted by atomic mass is 9.98. The van der Waals surface area contributed by atoms with Crippen molar-refractivity contribution in [1.82, 2.24) is 20.4 Å². The summed E-state index contributed by atoms with van der Waals surface area (Å²) in [5, 5.41) is 7.44. The third kappa shape index (κ3) is 2.10. The van der Waals surface area contributed by atoms with Gasteiger partial charge < -0.3 is 9.84 Å². The van der Waals surface area contributed by atoms with E-state index in [1.165, 1.54) is 0 Å². The second-order valence-electron chi connectivity index (χ2n) is 4.25. The Morgan fingerprint density at radius 2 is 2.24 bits per heavy atom.